The van der Waals surface area contributed by atoms with E-state index in [0.29, 0.717) is 10.7 Å². The van der Waals surface area contributed by atoms with Gasteiger partial charge in [0.05, 0.1) is 11.8 Å². The molecule has 2 amide bonds. The lowest BCUT2D eigenvalue weighted by molar-refractivity contribution is 0.0696. The number of anilines is 1. The number of hydrogen-bond acceptors (Lipinski definition) is 3. The quantitative estimate of drug-likeness (QED) is 0.401. The largest absolute Gasteiger partial charge is 0.478 e. The number of aryl methyl sites for hydroxylation is 2. The minimum atomic E-state index is -0.958. The van der Waals surface area contributed by atoms with E-state index in [4.69, 9.17) is 16.7 Å². The van der Waals surface area contributed by atoms with Crippen molar-refractivity contribution < 1.29 is 14.7 Å². The SMILES string of the molecule is Cc1cc(C(=O)O)ccc1-n1c(C)cc(/C=N/NC(=O)Nc2cccc(Cl)c2)c1C. The van der Waals surface area contributed by atoms with Crippen LogP contribution in [0.15, 0.2) is 53.6 Å². The highest BCUT2D eigenvalue weighted by Gasteiger charge is 2.13. The number of benzene rings is 2. The van der Waals surface area contributed by atoms with E-state index in [1.807, 2.05) is 31.4 Å². The van der Waals surface area contributed by atoms with Crippen molar-refractivity contribution >= 4 is 35.5 Å². The first kappa shape index (κ1) is 21.1. The van der Waals surface area contributed by atoms with Crippen molar-refractivity contribution in [2.45, 2.75) is 20.8 Å². The summed E-state index contributed by atoms with van der Waals surface area (Å²) in [6, 6.07) is 13.3. The van der Waals surface area contributed by atoms with E-state index < -0.39 is 12.0 Å². The summed E-state index contributed by atoms with van der Waals surface area (Å²) in [4.78, 5) is 23.2. The minimum Gasteiger partial charge on any atom is -0.478 e. The van der Waals surface area contributed by atoms with Crippen LogP contribution in [0.3, 0.4) is 0 Å². The predicted molar refractivity (Wildman–Crippen MR) is 118 cm³/mol. The summed E-state index contributed by atoms with van der Waals surface area (Å²) in [6.07, 6.45) is 1.57. The van der Waals surface area contributed by atoms with Crippen molar-refractivity contribution in [1.82, 2.24) is 9.99 Å². The van der Waals surface area contributed by atoms with Crippen LogP contribution in [0.4, 0.5) is 10.5 Å². The highest BCUT2D eigenvalue weighted by molar-refractivity contribution is 6.30. The van der Waals surface area contributed by atoms with Crippen molar-refractivity contribution in [1.29, 1.82) is 0 Å². The third kappa shape index (κ3) is 4.69. The molecule has 7 nitrogen and oxygen atoms in total. The maximum Gasteiger partial charge on any atom is 0.339 e. The zero-order chi connectivity index (χ0) is 21.8. The van der Waals surface area contributed by atoms with E-state index in [-0.39, 0.29) is 5.56 Å². The predicted octanol–water partition coefficient (Wildman–Crippen LogP) is 4.91. The van der Waals surface area contributed by atoms with E-state index >= 15 is 0 Å². The van der Waals surface area contributed by atoms with E-state index in [1.54, 1.807) is 48.7 Å². The number of hydrogen-bond donors (Lipinski definition) is 3. The van der Waals surface area contributed by atoms with Crippen LogP contribution in [0.1, 0.15) is 32.9 Å². The first-order valence-electron chi connectivity index (χ1n) is 9.15. The molecule has 8 heteroatoms. The van der Waals surface area contributed by atoms with Gasteiger partial charge < -0.3 is 15.0 Å². The van der Waals surface area contributed by atoms with Crippen LogP contribution in [0, 0.1) is 20.8 Å². The second kappa shape index (κ2) is 8.84. The van der Waals surface area contributed by atoms with Gasteiger partial charge in [-0.05, 0) is 68.8 Å². The first-order valence-corrected chi connectivity index (χ1v) is 9.53. The Morgan fingerprint density at radius 2 is 1.87 bits per heavy atom. The number of carbonyl (C=O) groups excluding carboxylic acids is 1. The van der Waals surface area contributed by atoms with Crippen molar-refractivity contribution in [2.24, 2.45) is 5.10 Å². The molecule has 0 fully saturated rings. The molecule has 3 rings (SSSR count). The second-order valence-electron chi connectivity index (χ2n) is 6.80. The fraction of sp³-hybridized carbons (Fsp3) is 0.136. The van der Waals surface area contributed by atoms with Gasteiger partial charge in [-0.25, -0.2) is 15.0 Å². The van der Waals surface area contributed by atoms with Gasteiger partial charge in [0.15, 0.2) is 0 Å². The topological polar surface area (TPSA) is 95.7 Å². The summed E-state index contributed by atoms with van der Waals surface area (Å²) in [5.41, 5.74) is 7.68. The summed E-state index contributed by atoms with van der Waals surface area (Å²) in [6.45, 7) is 5.76. The number of urea groups is 1. The Morgan fingerprint density at radius 3 is 2.53 bits per heavy atom. The summed E-state index contributed by atoms with van der Waals surface area (Å²) >= 11 is 5.90. The van der Waals surface area contributed by atoms with Crippen LogP contribution in [-0.2, 0) is 0 Å². The number of nitrogens with one attached hydrogen (secondary N) is 2. The molecular weight excluding hydrogens is 404 g/mol. The molecule has 154 valence electrons. The van der Waals surface area contributed by atoms with Crippen LogP contribution < -0.4 is 10.7 Å². The van der Waals surface area contributed by atoms with Gasteiger partial charge in [0, 0.05) is 33.3 Å². The Kier molecular flexibility index (Phi) is 6.23. The average Bonchev–Trinajstić information content (AvgIpc) is 2.95. The van der Waals surface area contributed by atoms with Gasteiger partial charge in [0.2, 0.25) is 0 Å². The molecule has 3 aromatic rings. The molecule has 0 aliphatic carbocycles. The Balaban J connectivity index is 1.75. The molecule has 3 N–H and O–H groups in total. The average molecular weight is 425 g/mol. The van der Waals surface area contributed by atoms with E-state index in [0.717, 1.165) is 28.2 Å². The van der Waals surface area contributed by atoms with Gasteiger partial charge in [-0.15, -0.1) is 0 Å². The van der Waals surface area contributed by atoms with Crippen LogP contribution in [0.25, 0.3) is 5.69 Å². The number of hydrazone groups is 1. The molecular formula is C22H21ClN4O3. The van der Waals surface area contributed by atoms with Crippen LogP contribution in [0.5, 0.6) is 0 Å². The molecule has 0 saturated carbocycles. The molecule has 1 aromatic heterocycles. The van der Waals surface area contributed by atoms with E-state index in [2.05, 4.69) is 15.8 Å². The van der Waals surface area contributed by atoms with Gasteiger partial charge in [-0.3, -0.25) is 0 Å². The van der Waals surface area contributed by atoms with Crippen LogP contribution in [-0.4, -0.2) is 27.9 Å². The maximum absolute atomic E-state index is 12.0. The normalized spacial score (nSPS) is 10.9. The Hall–Kier alpha value is -3.58. The first-order chi connectivity index (χ1) is 14.3. The summed E-state index contributed by atoms with van der Waals surface area (Å²) in [7, 11) is 0. The zero-order valence-corrected chi connectivity index (χ0v) is 17.5. The van der Waals surface area contributed by atoms with Gasteiger partial charge in [0.25, 0.3) is 0 Å². The van der Waals surface area contributed by atoms with E-state index in [1.165, 1.54) is 0 Å². The number of aromatic nitrogens is 1. The third-order valence-electron chi connectivity index (χ3n) is 4.61. The van der Waals surface area contributed by atoms with Gasteiger partial charge in [-0.2, -0.15) is 5.10 Å². The molecule has 0 atom stereocenters. The summed E-state index contributed by atoms with van der Waals surface area (Å²) < 4.78 is 2.02. The third-order valence-corrected chi connectivity index (χ3v) is 4.84. The van der Waals surface area contributed by atoms with Crippen molar-refractivity contribution in [2.75, 3.05) is 5.32 Å². The monoisotopic (exact) mass is 424 g/mol. The Labute approximate surface area is 179 Å². The van der Waals surface area contributed by atoms with E-state index in [9.17, 15) is 9.59 Å². The fourth-order valence-corrected chi connectivity index (χ4v) is 3.40. The van der Waals surface area contributed by atoms with Gasteiger partial charge >= 0.3 is 12.0 Å². The molecule has 0 bridgehead atoms. The molecule has 0 unspecified atom stereocenters. The molecule has 2 aromatic carbocycles. The van der Waals surface area contributed by atoms with Gasteiger partial charge in [0.1, 0.15) is 0 Å². The van der Waals surface area contributed by atoms with Crippen molar-refractivity contribution in [3.8, 4) is 5.69 Å². The molecule has 0 spiro atoms. The fourth-order valence-electron chi connectivity index (χ4n) is 3.21. The highest BCUT2D eigenvalue weighted by Crippen LogP contribution is 2.23. The smallest absolute Gasteiger partial charge is 0.339 e. The lowest BCUT2D eigenvalue weighted by Crippen LogP contribution is -2.24. The number of carboxylic acid groups (broad SMARTS) is 1. The van der Waals surface area contributed by atoms with Crippen molar-refractivity contribution in [3.05, 3.63) is 81.6 Å². The number of carbonyl (C=O) groups is 2. The molecule has 30 heavy (non-hydrogen) atoms. The lowest BCUT2D eigenvalue weighted by Gasteiger charge is -2.13. The number of aromatic carboxylic acids is 1. The number of rotatable bonds is 5. The molecule has 0 saturated heterocycles. The summed E-state index contributed by atoms with van der Waals surface area (Å²) in [5, 5.41) is 16.4. The van der Waals surface area contributed by atoms with Crippen LogP contribution >= 0.6 is 11.6 Å². The molecule has 1 heterocycles. The second-order valence-corrected chi connectivity index (χ2v) is 7.24. The maximum atomic E-state index is 12.0. The number of nitrogens with zero attached hydrogens (tertiary/aromatic N) is 2. The summed E-state index contributed by atoms with van der Waals surface area (Å²) in [5.74, 6) is -0.958. The molecule has 0 aliphatic heterocycles. The molecule has 0 aliphatic rings. The molecule has 0 radical (unpaired) electrons. The number of carboxylic acids is 1. The minimum absolute atomic E-state index is 0.246. The van der Waals surface area contributed by atoms with Gasteiger partial charge in [-0.1, -0.05) is 17.7 Å². The lowest BCUT2D eigenvalue weighted by atomic mass is 10.1. The Morgan fingerprint density at radius 1 is 1.10 bits per heavy atom. The highest BCUT2D eigenvalue weighted by atomic mass is 35.5. The number of halogens is 1. The Bertz CT molecular complexity index is 1150. The van der Waals surface area contributed by atoms with Crippen LogP contribution in [0.2, 0.25) is 5.02 Å². The van der Waals surface area contributed by atoms with Crippen molar-refractivity contribution in [3.63, 3.8) is 0 Å². The zero-order valence-electron chi connectivity index (χ0n) is 16.7. The standard InChI is InChI=1S/C22H21ClN4O3/c1-13-9-16(21(28)29)7-8-20(13)27-14(2)10-17(15(27)3)12-24-26-22(30)25-19-6-4-5-18(23)11-19/h4-12H,1-3H3,(H,28,29)(H2,25,26,30)/b24-12+. The number of amides is 2.